The van der Waals surface area contributed by atoms with Gasteiger partial charge in [0.05, 0.1) is 6.61 Å². The molecule has 0 rings (SSSR count). The Bertz CT molecular complexity index is 204. The first kappa shape index (κ1) is 13.2. The van der Waals surface area contributed by atoms with Crippen molar-refractivity contribution in [3.8, 4) is 0 Å². The Morgan fingerprint density at radius 2 is 1.71 bits per heavy atom. The number of carbonyl (C=O) groups excluding carboxylic acids is 1. The van der Waals surface area contributed by atoms with Crippen molar-refractivity contribution in [1.29, 1.82) is 0 Å². The second kappa shape index (κ2) is 5.84. The van der Waals surface area contributed by atoms with E-state index < -0.39 is 36.8 Å². The molecule has 0 aromatic carbocycles. The average Bonchev–Trinajstić information content (AvgIpc) is 2.23. The minimum Gasteiger partial charge on any atom is -0.394 e. The van der Waals surface area contributed by atoms with Gasteiger partial charge in [0.1, 0.15) is 24.4 Å². The molecule has 5 N–H and O–H groups in total. The van der Waals surface area contributed by atoms with Crippen LogP contribution in [-0.2, 0) is 4.79 Å². The van der Waals surface area contributed by atoms with Gasteiger partial charge >= 0.3 is 0 Å². The van der Waals surface area contributed by atoms with E-state index in [-0.39, 0.29) is 0 Å². The van der Waals surface area contributed by atoms with Crippen molar-refractivity contribution in [3.63, 3.8) is 0 Å². The van der Waals surface area contributed by atoms with E-state index in [0.29, 0.717) is 0 Å². The fraction of sp³-hybridized carbons (Fsp3) is 0.625. The molecule has 4 atom stereocenters. The largest absolute Gasteiger partial charge is 0.394 e. The topological polar surface area (TPSA) is 118 Å². The van der Waals surface area contributed by atoms with Gasteiger partial charge < -0.3 is 25.5 Å². The third-order valence-corrected chi connectivity index (χ3v) is 1.75. The lowest BCUT2D eigenvalue weighted by molar-refractivity contribution is -0.142. The van der Waals surface area contributed by atoms with Crippen molar-refractivity contribution >= 4 is 5.78 Å². The van der Waals surface area contributed by atoms with Gasteiger partial charge in [-0.1, -0.05) is 6.58 Å². The van der Waals surface area contributed by atoms with Gasteiger partial charge in [-0.25, -0.2) is 0 Å². The van der Waals surface area contributed by atoms with Gasteiger partial charge in [-0.3, -0.25) is 4.79 Å². The van der Waals surface area contributed by atoms with Gasteiger partial charge in [-0.15, -0.1) is 0 Å². The summed E-state index contributed by atoms with van der Waals surface area (Å²) in [6.07, 6.45) is -6.34. The summed E-state index contributed by atoms with van der Waals surface area (Å²) >= 11 is 0. The van der Waals surface area contributed by atoms with E-state index in [4.69, 9.17) is 25.5 Å². The van der Waals surface area contributed by atoms with Gasteiger partial charge in [0.15, 0.2) is 5.78 Å². The van der Waals surface area contributed by atoms with Crippen LogP contribution in [0.3, 0.4) is 0 Å². The normalized spacial score (nSPS) is 19.5. The fourth-order valence-electron chi connectivity index (χ4n) is 0.811. The summed E-state index contributed by atoms with van der Waals surface area (Å²) < 4.78 is 0. The molecule has 0 heterocycles. The number of aliphatic hydroxyl groups excluding tert-OH is 5. The quantitative estimate of drug-likeness (QED) is 0.299. The van der Waals surface area contributed by atoms with E-state index >= 15 is 0 Å². The third kappa shape index (κ3) is 3.17. The standard InChI is InChI=1S/C8H14O6/c1-2-4(10)6(12)8(14)7(13)5(11)3-9/h2,5-9,11-14H,1,3H2/t5-,6+,7-,8-/m1/s1. The Morgan fingerprint density at radius 3 is 2.07 bits per heavy atom. The molecule has 0 aliphatic carbocycles. The van der Waals surface area contributed by atoms with Gasteiger partial charge in [-0.05, 0) is 6.08 Å². The molecule has 0 unspecified atom stereocenters. The van der Waals surface area contributed by atoms with E-state index in [2.05, 4.69) is 6.58 Å². The molecule has 0 fully saturated rings. The zero-order chi connectivity index (χ0) is 11.3. The van der Waals surface area contributed by atoms with Crippen LogP contribution in [0.1, 0.15) is 0 Å². The van der Waals surface area contributed by atoms with E-state index in [9.17, 15) is 4.79 Å². The van der Waals surface area contributed by atoms with Crippen LogP contribution in [0.15, 0.2) is 12.7 Å². The fourth-order valence-corrected chi connectivity index (χ4v) is 0.811. The average molecular weight is 206 g/mol. The highest BCUT2D eigenvalue weighted by Crippen LogP contribution is 2.06. The van der Waals surface area contributed by atoms with Crippen molar-refractivity contribution in [2.75, 3.05) is 6.61 Å². The van der Waals surface area contributed by atoms with Crippen molar-refractivity contribution in [1.82, 2.24) is 0 Å². The minimum atomic E-state index is -1.86. The lowest BCUT2D eigenvalue weighted by Gasteiger charge is -2.23. The highest BCUT2D eigenvalue weighted by molar-refractivity contribution is 5.93. The Kier molecular flexibility index (Phi) is 5.51. The summed E-state index contributed by atoms with van der Waals surface area (Å²) in [7, 11) is 0. The molecule has 0 radical (unpaired) electrons. The maximum Gasteiger partial charge on any atom is 0.186 e. The summed E-state index contributed by atoms with van der Waals surface area (Å²) in [5.41, 5.74) is 0. The molecule has 82 valence electrons. The lowest BCUT2D eigenvalue weighted by atomic mass is 10.0. The number of ketones is 1. The maximum atomic E-state index is 10.8. The van der Waals surface area contributed by atoms with Crippen LogP contribution in [0.2, 0.25) is 0 Å². The summed E-state index contributed by atoms with van der Waals surface area (Å²) in [5, 5.41) is 44.6. The Balaban J connectivity index is 4.37. The Labute approximate surface area is 80.7 Å². The summed E-state index contributed by atoms with van der Waals surface area (Å²) in [4.78, 5) is 10.8. The summed E-state index contributed by atoms with van der Waals surface area (Å²) in [6.45, 7) is 2.29. The van der Waals surface area contributed by atoms with Crippen LogP contribution in [0.25, 0.3) is 0 Å². The van der Waals surface area contributed by atoms with Crippen LogP contribution in [0, 0.1) is 0 Å². The first-order valence-corrected chi connectivity index (χ1v) is 3.95. The van der Waals surface area contributed by atoms with Gasteiger partial charge in [0.25, 0.3) is 0 Å². The van der Waals surface area contributed by atoms with Crippen molar-refractivity contribution in [2.24, 2.45) is 0 Å². The number of hydrogen-bond donors (Lipinski definition) is 5. The van der Waals surface area contributed by atoms with E-state index in [1.165, 1.54) is 0 Å². The van der Waals surface area contributed by atoms with Gasteiger partial charge in [0.2, 0.25) is 0 Å². The SMILES string of the molecule is C=CC(=O)[C@H](O)[C@@H](O)[C@H](O)[C@H](O)CO. The smallest absolute Gasteiger partial charge is 0.186 e. The van der Waals surface area contributed by atoms with Crippen LogP contribution in [0.5, 0.6) is 0 Å². The maximum absolute atomic E-state index is 10.8. The Morgan fingerprint density at radius 1 is 1.21 bits per heavy atom. The number of aliphatic hydroxyl groups is 5. The lowest BCUT2D eigenvalue weighted by Crippen LogP contribution is -2.48. The first-order valence-electron chi connectivity index (χ1n) is 3.95. The first-order chi connectivity index (χ1) is 6.45. The number of hydrogen-bond acceptors (Lipinski definition) is 6. The molecule has 0 saturated carbocycles. The molecule has 0 aliphatic rings. The van der Waals surface area contributed by atoms with Crippen molar-refractivity contribution in [2.45, 2.75) is 24.4 Å². The van der Waals surface area contributed by atoms with Gasteiger partial charge in [0, 0.05) is 0 Å². The highest BCUT2D eigenvalue weighted by atomic mass is 16.4. The van der Waals surface area contributed by atoms with Gasteiger partial charge in [-0.2, -0.15) is 0 Å². The predicted octanol–water partition coefficient (Wildman–Crippen LogP) is -2.82. The van der Waals surface area contributed by atoms with E-state index in [0.717, 1.165) is 6.08 Å². The highest BCUT2D eigenvalue weighted by Gasteiger charge is 2.32. The van der Waals surface area contributed by atoms with Crippen LogP contribution < -0.4 is 0 Å². The summed E-state index contributed by atoms with van der Waals surface area (Å²) in [6, 6.07) is 0. The molecule has 0 aromatic heterocycles. The van der Waals surface area contributed by atoms with E-state index in [1.807, 2.05) is 0 Å². The molecule has 0 saturated heterocycles. The van der Waals surface area contributed by atoms with Crippen LogP contribution >= 0.6 is 0 Å². The summed E-state index contributed by atoms with van der Waals surface area (Å²) in [5.74, 6) is -0.873. The van der Waals surface area contributed by atoms with Crippen molar-refractivity contribution < 1.29 is 30.3 Å². The molecule has 0 amide bonds. The zero-order valence-corrected chi connectivity index (χ0v) is 7.45. The van der Waals surface area contributed by atoms with Crippen LogP contribution in [0.4, 0.5) is 0 Å². The molecule has 0 bridgehead atoms. The predicted molar refractivity (Wildman–Crippen MR) is 46.3 cm³/mol. The van der Waals surface area contributed by atoms with Crippen molar-refractivity contribution in [3.05, 3.63) is 12.7 Å². The molecular formula is C8H14O6. The number of carbonyl (C=O) groups is 1. The zero-order valence-electron chi connectivity index (χ0n) is 7.45. The van der Waals surface area contributed by atoms with E-state index in [1.54, 1.807) is 0 Å². The molecular weight excluding hydrogens is 192 g/mol. The molecule has 14 heavy (non-hydrogen) atoms. The second-order valence-corrected chi connectivity index (χ2v) is 2.78. The van der Waals surface area contributed by atoms with Crippen LogP contribution in [-0.4, -0.2) is 62.3 Å². The molecule has 6 heteroatoms. The molecule has 0 aliphatic heterocycles. The second-order valence-electron chi connectivity index (χ2n) is 2.78. The number of rotatable bonds is 6. The third-order valence-electron chi connectivity index (χ3n) is 1.75. The Hall–Kier alpha value is -0.790. The minimum absolute atomic E-state index is 0.784. The molecule has 0 aromatic rings. The molecule has 6 nitrogen and oxygen atoms in total. The molecule has 0 spiro atoms. The monoisotopic (exact) mass is 206 g/mol.